The van der Waals surface area contributed by atoms with E-state index in [1.807, 2.05) is 0 Å². The molecule has 0 radical (unpaired) electrons. The van der Waals surface area contributed by atoms with E-state index in [0.717, 1.165) is 19.3 Å². The number of benzene rings is 1. The van der Waals surface area contributed by atoms with Gasteiger partial charge >= 0.3 is 0 Å². The third-order valence-corrected chi connectivity index (χ3v) is 6.01. The third-order valence-electron chi connectivity index (χ3n) is 3.57. The van der Waals surface area contributed by atoms with Crippen molar-refractivity contribution in [1.29, 1.82) is 0 Å². The van der Waals surface area contributed by atoms with Gasteiger partial charge < -0.3 is 9.47 Å². The SMILES string of the molecule is COc1ccc(S(=O)(=O)N(C)CC2CCCCO2)cc1Br. The molecule has 0 spiro atoms. The van der Waals surface area contributed by atoms with Crippen LogP contribution in [0, 0.1) is 0 Å². The maximum Gasteiger partial charge on any atom is 0.242 e. The van der Waals surface area contributed by atoms with Crippen molar-refractivity contribution in [2.24, 2.45) is 0 Å². The molecule has 0 aliphatic carbocycles. The number of halogens is 1. The number of rotatable bonds is 5. The van der Waals surface area contributed by atoms with Crippen molar-refractivity contribution in [3.63, 3.8) is 0 Å². The number of hydrogen-bond acceptors (Lipinski definition) is 4. The van der Waals surface area contributed by atoms with Gasteiger partial charge in [0.1, 0.15) is 5.75 Å². The summed E-state index contributed by atoms with van der Waals surface area (Å²) in [5.74, 6) is 0.604. The highest BCUT2D eigenvalue weighted by atomic mass is 79.9. The first kappa shape index (κ1) is 16.7. The maximum absolute atomic E-state index is 12.6. The maximum atomic E-state index is 12.6. The van der Waals surface area contributed by atoms with Crippen LogP contribution in [0.5, 0.6) is 5.75 Å². The van der Waals surface area contributed by atoms with Crippen LogP contribution in [0.3, 0.4) is 0 Å². The van der Waals surface area contributed by atoms with Crippen LogP contribution in [-0.2, 0) is 14.8 Å². The minimum absolute atomic E-state index is 0.0137. The number of ether oxygens (including phenoxy) is 2. The molecule has 0 amide bonds. The van der Waals surface area contributed by atoms with Crippen molar-refractivity contribution in [3.05, 3.63) is 22.7 Å². The highest BCUT2D eigenvalue weighted by Crippen LogP contribution is 2.28. The van der Waals surface area contributed by atoms with Crippen molar-refractivity contribution in [2.45, 2.75) is 30.3 Å². The number of methoxy groups -OCH3 is 1. The zero-order chi connectivity index (χ0) is 15.5. The second kappa shape index (κ2) is 7.09. The van der Waals surface area contributed by atoms with E-state index < -0.39 is 10.0 Å². The smallest absolute Gasteiger partial charge is 0.242 e. The Balaban J connectivity index is 2.14. The summed E-state index contributed by atoms with van der Waals surface area (Å²) < 4.78 is 37.8. The Morgan fingerprint density at radius 1 is 1.43 bits per heavy atom. The van der Waals surface area contributed by atoms with E-state index >= 15 is 0 Å². The van der Waals surface area contributed by atoms with Gasteiger partial charge in [-0.2, -0.15) is 4.31 Å². The molecule has 0 N–H and O–H groups in total. The first-order chi connectivity index (χ1) is 9.95. The summed E-state index contributed by atoms with van der Waals surface area (Å²) in [7, 11) is -0.387. The van der Waals surface area contributed by atoms with E-state index in [4.69, 9.17) is 9.47 Å². The molecular weight excluding hydrogens is 358 g/mol. The summed E-state index contributed by atoms with van der Waals surface area (Å²) in [6.07, 6.45) is 3.04. The highest BCUT2D eigenvalue weighted by molar-refractivity contribution is 9.10. The number of sulfonamides is 1. The van der Waals surface area contributed by atoms with Crippen molar-refractivity contribution in [2.75, 3.05) is 27.3 Å². The molecule has 1 aromatic carbocycles. The Labute approximate surface area is 134 Å². The fraction of sp³-hybridized carbons (Fsp3) is 0.571. The topological polar surface area (TPSA) is 55.8 Å². The van der Waals surface area contributed by atoms with E-state index in [1.54, 1.807) is 32.4 Å². The van der Waals surface area contributed by atoms with Crippen molar-refractivity contribution >= 4 is 26.0 Å². The predicted octanol–water partition coefficient (Wildman–Crippen LogP) is 2.65. The van der Waals surface area contributed by atoms with Crippen LogP contribution in [0.4, 0.5) is 0 Å². The highest BCUT2D eigenvalue weighted by Gasteiger charge is 2.25. The molecule has 2 rings (SSSR count). The zero-order valence-corrected chi connectivity index (χ0v) is 14.6. The van der Waals surface area contributed by atoms with Crippen LogP contribution in [-0.4, -0.2) is 46.1 Å². The Hall–Kier alpha value is -0.630. The molecule has 0 saturated carbocycles. The molecule has 1 heterocycles. The summed E-state index contributed by atoms with van der Waals surface area (Å²) in [5.41, 5.74) is 0. The second-order valence-electron chi connectivity index (χ2n) is 5.07. The van der Waals surface area contributed by atoms with Gasteiger partial charge in [-0.3, -0.25) is 0 Å². The van der Waals surface area contributed by atoms with Gasteiger partial charge in [0.2, 0.25) is 10.0 Å². The average molecular weight is 378 g/mol. The molecule has 1 aliphatic rings. The zero-order valence-electron chi connectivity index (χ0n) is 12.2. The summed E-state index contributed by atoms with van der Waals surface area (Å²) >= 11 is 3.31. The molecule has 1 atom stereocenters. The Morgan fingerprint density at radius 3 is 2.76 bits per heavy atom. The van der Waals surface area contributed by atoms with Gasteiger partial charge in [0.05, 0.1) is 22.6 Å². The molecule has 118 valence electrons. The van der Waals surface area contributed by atoms with Crippen LogP contribution >= 0.6 is 15.9 Å². The standard InChI is InChI=1S/C14H20BrNO4S/c1-16(10-11-5-3-4-8-20-11)21(17,18)12-6-7-14(19-2)13(15)9-12/h6-7,9,11H,3-5,8,10H2,1-2H3. The molecule has 1 fully saturated rings. The fourth-order valence-corrected chi connectivity index (χ4v) is 4.25. The van der Waals surface area contributed by atoms with Crippen LogP contribution in [0.25, 0.3) is 0 Å². The molecule has 1 unspecified atom stereocenters. The number of nitrogens with zero attached hydrogens (tertiary/aromatic N) is 1. The van der Waals surface area contributed by atoms with Crippen LogP contribution in [0.15, 0.2) is 27.6 Å². The fourth-order valence-electron chi connectivity index (χ4n) is 2.32. The van der Waals surface area contributed by atoms with E-state index in [-0.39, 0.29) is 11.0 Å². The van der Waals surface area contributed by atoms with Crippen molar-refractivity contribution in [1.82, 2.24) is 4.31 Å². The molecule has 21 heavy (non-hydrogen) atoms. The lowest BCUT2D eigenvalue weighted by Gasteiger charge is -2.27. The molecule has 7 heteroatoms. The van der Waals surface area contributed by atoms with Gasteiger partial charge in [-0.15, -0.1) is 0 Å². The first-order valence-corrected chi connectivity index (χ1v) is 9.10. The molecule has 1 saturated heterocycles. The van der Waals surface area contributed by atoms with E-state index in [9.17, 15) is 8.42 Å². The monoisotopic (exact) mass is 377 g/mol. The molecule has 1 aromatic rings. The van der Waals surface area contributed by atoms with Gasteiger partial charge in [-0.25, -0.2) is 8.42 Å². The van der Waals surface area contributed by atoms with Gasteiger partial charge in [0.25, 0.3) is 0 Å². The summed E-state index contributed by atoms with van der Waals surface area (Å²) in [5, 5.41) is 0. The van der Waals surface area contributed by atoms with Crippen LogP contribution in [0.2, 0.25) is 0 Å². The lowest BCUT2D eigenvalue weighted by molar-refractivity contribution is 0.00858. The number of hydrogen-bond donors (Lipinski definition) is 0. The number of likely N-dealkylation sites (N-methyl/N-ethyl adjacent to an activating group) is 1. The third kappa shape index (κ3) is 3.97. The largest absolute Gasteiger partial charge is 0.496 e. The first-order valence-electron chi connectivity index (χ1n) is 6.86. The van der Waals surface area contributed by atoms with Crippen molar-refractivity contribution in [3.8, 4) is 5.75 Å². The van der Waals surface area contributed by atoms with Gasteiger partial charge in [0.15, 0.2) is 0 Å². The summed E-state index contributed by atoms with van der Waals surface area (Å²) in [6, 6.07) is 4.76. The molecule has 5 nitrogen and oxygen atoms in total. The predicted molar refractivity (Wildman–Crippen MR) is 84.1 cm³/mol. The van der Waals surface area contributed by atoms with Gasteiger partial charge in [-0.05, 0) is 53.4 Å². The second-order valence-corrected chi connectivity index (χ2v) is 7.97. The van der Waals surface area contributed by atoms with E-state index in [1.165, 1.54) is 4.31 Å². The minimum atomic E-state index is -3.52. The summed E-state index contributed by atoms with van der Waals surface area (Å²) in [4.78, 5) is 0.244. The van der Waals surface area contributed by atoms with Crippen molar-refractivity contribution < 1.29 is 17.9 Å². The van der Waals surface area contributed by atoms with Gasteiger partial charge in [-0.1, -0.05) is 0 Å². The molecule has 1 aliphatic heterocycles. The van der Waals surface area contributed by atoms with Crippen LogP contribution in [0.1, 0.15) is 19.3 Å². The normalized spacial score (nSPS) is 19.7. The lowest BCUT2D eigenvalue weighted by atomic mass is 10.1. The van der Waals surface area contributed by atoms with Gasteiger partial charge in [0, 0.05) is 20.2 Å². The lowest BCUT2D eigenvalue weighted by Crippen LogP contribution is -2.37. The molecule has 0 bridgehead atoms. The quantitative estimate of drug-likeness (QED) is 0.791. The summed E-state index contributed by atoms with van der Waals surface area (Å²) in [6.45, 7) is 1.10. The van der Waals surface area contributed by atoms with Crippen LogP contribution < -0.4 is 4.74 Å². The molecular formula is C14H20BrNO4S. The van der Waals surface area contributed by atoms with E-state index in [0.29, 0.717) is 23.4 Å². The molecule has 0 aromatic heterocycles. The average Bonchev–Trinajstić information content (AvgIpc) is 2.48. The Bertz CT molecular complexity index is 585. The Kier molecular flexibility index (Phi) is 5.65. The minimum Gasteiger partial charge on any atom is -0.496 e. The Morgan fingerprint density at radius 2 is 2.19 bits per heavy atom. The van der Waals surface area contributed by atoms with E-state index in [2.05, 4.69) is 15.9 Å².